The van der Waals surface area contributed by atoms with E-state index in [-0.39, 0.29) is 49.4 Å². The second kappa shape index (κ2) is 9.36. The second-order valence-electron chi connectivity index (χ2n) is 9.29. The number of aliphatic hydroxyl groups is 1. The van der Waals surface area contributed by atoms with Crippen molar-refractivity contribution >= 4 is 11.8 Å². The minimum absolute atomic E-state index is 0.00115. The van der Waals surface area contributed by atoms with Crippen molar-refractivity contribution in [3.63, 3.8) is 0 Å². The van der Waals surface area contributed by atoms with Crippen LogP contribution in [0.15, 0.2) is 48.7 Å². The van der Waals surface area contributed by atoms with Gasteiger partial charge in [-0.3, -0.25) is 14.6 Å². The first-order valence-electron chi connectivity index (χ1n) is 11.9. The van der Waals surface area contributed by atoms with Crippen molar-refractivity contribution in [2.75, 3.05) is 19.7 Å². The van der Waals surface area contributed by atoms with E-state index in [0.29, 0.717) is 18.2 Å². The van der Waals surface area contributed by atoms with Crippen LogP contribution in [0.5, 0.6) is 0 Å². The molecule has 0 spiro atoms. The van der Waals surface area contributed by atoms with Crippen molar-refractivity contribution in [2.45, 2.75) is 50.1 Å². The fourth-order valence-electron chi connectivity index (χ4n) is 5.50. The zero-order valence-corrected chi connectivity index (χ0v) is 18.7. The Morgan fingerprint density at radius 1 is 1.12 bits per heavy atom. The van der Waals surface area contributed by atoms with Crippen molar-refractivity contribution in [1.29, 1.82) is 0 Å². The Bertz CT molecular complexity index is 1070. The number of aromatic nitrogens is 1. The van der Waals surface area contributed by atoms with E-state index in [1.54, 1.807) is 16.0 Å². The van der Waals surface area contributed by atoms with Gasteiger partial charge < -0.3 is 14.9 Å². The lowest BCUT2D eigenvalue weighted by Crippen LogP contribution is -2.73. The molecule has 0 radical (unpaired) electrons. The van der Waals surface area contributed by atoms with E-state index >= 15 is 0 Å². The monoisotopic (exact) mass is 443 g/mol. The van der Waals surface area contributed by atoms with Crippen LogP contribution in [0.25, 0.3) is 0 Å². The number of aliphatic hydroxyl groups excluding tert-OH is 1. The van der Waals surface area contributed by atoms with Gasteiger partial charge >= 0.3 is 0 Å². The maximum absolute atomic E-state index is 12.9. The van der Waals surface area contributed by atoms with Crippen LogP contribution in [-0.2, 0) is 16.0 Å². The number of rotatable bonds is 4. The number of nitrogens with zero attached hydrogens (tertiary/aromatic N) is 3. The topological polar surface area (TPSA) is 73.7 Å². The van der Waals surface area contributed by atoms with E-state index in [1.807, 2.05) is 30.3 Å². The molecule has 170 valence electrons. The van der Waals surface area contributed by atoms with Crippen LogP contribution in [0, 0.1) is 17.8 Å². The highest BCUT2D eigenvalue weighted by molar-refractivity contribution is 5.88. The molecule has 1 aromatic carbocycles. The number of benzene rings is 1. The molecular formula is C27H29N3O3. The lowest BCUT2D eigenvalue weighted by atomic mass is 9.73. The molecule has 3 fully saturated rings. The van der Waals surface area contributed by atoms with Gasteiger partial charge in [-0.25, -0.2) is 0 Å². The molecule has 0 unspecified atom stereocenters. The molecule has 2 aliphatic heterocycles. The fraction of sp³-hybridized carbons (Fsp3) is 0.444. The normalized spacial score (nSPS) is 24.6. The van der Waals surface area contributed by atoms with Gasteiger partial charge in [0.2, 0.25) is 11.8 Å². The number of carbonyl (C=O) groups excluding carboxylic acids is 2. The minimum atomic E-state index is -0.244. The molecule has 2 amide bonds. The van der Waals surface area contributed by atoms with E-state index in [2.05, 4.69) is 29.0 Å². The smallest absolute Gasteiger partial charge is 0.242 e. The van der Waals surface area contributed by atoms with Gasteiger partial charge in [0.05, 0.1) is 31.7 Å². The molecule has 1 saturated carbocycles. The molecule has 5 rings (SSSR count). The van der Waals surface area contributed by atoms with E-state index in [9.17, 15) is 14.7 Å². The van der Waals surface area contributed by atoms with Crippen molar-refractivity contribution in [3.05, 3.63) is 65.5 Å². The van der Waals surface area contributed by atoms with Crippen molar-refractivity contribution in [1.82, 2.24) is 14.8 Å². The largest absolute Gasteiger partial charge is 0.394 e. The molecule has 1 N–H and O–H groups in total. The molecule has 3 heterocycles. The Morgan fingerprint density at radius 2 is 1.91 bits per heavy atom. The molecule has 2 saturated heterocycles. The summed E-state index contributed by atoms with van der Waals surface area (Å²) in [5, 5.41) is 10.00. The van der Waals surface area contributed by atoms with E-state index in [1.165, 1.54) is 25.7 Å². The molecule has 1 aromatic heterocycles. The van der Waals surface area contributed by atoms with Crippen molar-refractivity contribution in [2.24, 2.45) is 5.92 Å². The predicted molar refractivity (Wildman–Crippen MR) is 124 cm³/mol. The third kappa shape index (κ3) is 4.38. The minimum Gasteiger partial charge on any atom is -0.394 e. The number of fused-ring (bicyclic) bond motifs is 1. The van der Waals surface area contributed by atoms with E-state index in [4.69, 9.17) is 0 Å². The summed E-state index contributed by atoms with van der Waals surface area (Å²) >= 11 is 0. The zero-order chi connectivity index (χ0) is 22.8. The molecule has 0 bridgehead atoms. The van der Waals surface area contributed by atoms with Crippen molar-refractivity contribution < 1.29 is 14.7 Å². The summed E-state index contributed by atoms with van der Waals surface area (Å²) in [5.41, 5.74) is 2.77. The van der Waals surface area contributed by atoms with Gasteiger partial charge in [-0.15, -0.1) is 0 Å². The first kappa shape index (κ1) is 21.7. The maximum Gasteiger partial charge on any atom is 0.242 e. The Hall–Kier alpha value is -3.17. The molecule has 6 nitrogen and oxygen atoms in total. The second-order valence-corrected chi connectivity index (χ2v) is 9.29. The van der Waals surface area contributed by atoms with Gasteiger partial charge in [0, 0.05) is 35.8 Å². The van der Waals surface area contributed by atoms with Crippen LogP contribution in [0.2, 0.25) is 0 Å². The summed E-state index contributed by atoms with van der Waals surface area (Å²) in [6.07, 6.45) is 6.81. The average molecular weight is 444 g/mol. The van der Waals surface area contributed by atoms with Crippen LogP contribution in [0.1, 0.15) is 48.4 Å². The van der Waals surface area contributed by atoms with Crippen LogP contribution >= 0.6 is 0 Å². The first-order valence-corrected chi connectivity index (χ1v) is 11.9. The third-order valence-corrected chi connectivity index (χ3v) is 7.23. The van der Waals surface area contributed by atoms with E-state index in [0.717, 1.165) is 11.1 Å². The Kier molecular flexibility index (Phi) is 6.15. The van der Waals surface area contributed by atoms with Crippen molar-refractivity contribution in [3.8, 4) is 11.8 Å². The quantitative estimate of drug-likeness (QED) is 0.737. The number of piperazine rings is 1. The standard InChI is InChI=1S/C27H29N3O3/c31-18-24-27(21-12-10-20(11-13-21)9-8-19-5-1-2-6-19)23-16-29(17-26(33)30(23)24)25(32)15-22-7-3-4-14-28-22/h3-4,7,10-14,19,23-24,27,31H,1-2,5-6,15-18H2/t23-,24-,27+/m0/s1. The number of hydrogen-bond donors (Lipinski definition) is 1. The van der Waals surface area contributed by atoms with E-state index < -0.39 is 0 Å². The molecule has 1 aliphatic carbocycles. The molecule has 3 atom stereocenters. The van der Waals surface area contributed by atoms with Crippen LogP contribution in [-0.4, -0.2) is 63.5 Å². The number of pyridine rings is 1. The van der Waals surface area contributed by atoms with Crippen LogP contribution in [0.3, 0.4) is 0 Å². The number of hydrogen-bond acceptors (Lipinski definition) is 4. The third-order valence-electron chi connectivity index (χ3n) is 7.23. The van der Waals surface area contributed by atoms with Gasteiger partial charge in [0.1, 0.15) is 0 Å². The van der Waals surface area contributed by atoms with Gasteiger partial charge in [-0.1, -0.05) is 42.9 Å². The van der Waals surface area contributed by atoms with Crippen LogP contribution in [0.4, 0.5) is 0 Å². The molecule has 6 heteroatoms. The summed E-state index contributed by atoms with van der Waals surface area (Å²) in [6, 6.07) is 13.3. The molecule has 2 aromatic rings. The molecule has 33 heavy (non-hydrogen) atoms. The summed E-state index contributed by atoms with van der Waals surface area (Å²) in [6.45, 7) is 0.445. The predicted octanol–water partition coefficient (Wildman–Crippen LogP) is 2.36. The lowest BCUT2D eigenvalue weighted by molar-refractivity contribution is -0.166. The maximum atomic E-state index is 12.9. The SMILES string of the molecule is O=C(Cc1ccccn1)N1CC(=O)N2[C@@H](CO)[C@H](c3ccc(C#CC4CCCC4)cc3)[C@@H]2C1. The fourth-order valence-corrected chi connectivity index (χ4v) is 5.50. The summed E-state index contributed by atoms with van der Waals surface area (Å²) < 4.78 is 0. The van der Waals surface area contributed by atoms with Crippen LogP contribution < -0.4 is 0 Å². The average Bonchev–Trinajstić information content (AvgIpc) is 3.34. The zero-order valence-electron chi connectivity index (χ0n) is 18.7. The molecule has 3 aliphatic rings. The highest BCUT2D eigenvalue weighted by Gasteiger charge is 2.54. The van der Waals surface area contributed by atoms with Gasteiger partial charge in [-0.2, -0.15) is 0 Å². The Balaban J connectivity index is 1.29. The summed E-state index contributed by atoms with van der Waals surface area (Å²) in [7, 11) is 0. The van der Waals surface area contributed by atoms with Gasteiger partial charge in [-0.05, 0) is 42.7 Å². The first-order chi connectivity index (χ1) is 16.1. The number of carbonyl (C=O) groups is 2. The summed E-state index contributed by atoms with van der Waals surface area (Å²) in [5.74, 6) is 7.02. The molecular weight excluding hydrogens is 414 g/mol. The number of amides is 2. The van der Waals surface area contributed by atoms with Gasteiger partial charge in [0.25, 0.3) is 0 Å². The Labute approximate surface area is 194 Å². The Morgan fingerprint density at radius 3 is 2.61 bits per heavy atom. The summed E-state index contributed by atoms with van der Waals surface area (Å²) in [4.78, 5) is 33.3. The van der Waals surface area contributed by atoms with Gasteiger partial charge in [0.15, 0.2) is 0 Å². The lowest BCUT2D eigenvalue weighted by Gasteiger charge is -2.58. The highest BCUT2D eigenvalue weighted by Crippen LogP contribution is 2.43. The highest BCUT2D eigenvalue weighted by atomic mass is 16.3.